The second-order valence-corrected chi connectivity index (χ2v) is 3.76. The van der Waals surface area contributed by atoms with E-state index < -0.39 is 0 Å². The summed E-state index contributed by atoms with van der Waals surface area (Å²) in [5, 5.41) is 0. The molecule has 13 heavy (non-hydrogen) atoms. The molecule has 2 unspecified atom stereocenters. The Morgan fingerprint density at radius 2 is 2.00 bits per heavy atom. The molecule has 0 heterocycles. The monoisotopic (exact) mass is 186 g/mol. The standard InChI is InChI=1S/C10H22N2O/c1-5-6-7-12(4)10(13)8(2)9(3)11/h8-9H,5-7,11H2,1-4H3. The third-order valence-corrected chi connectivity index (χ3v) is 2.40. The number of hydrogen-bond donors (Lipinski definition) is 1. The zero-order valence-corrected chi connectivity index (χ0v) is 9.21. The molecule has 1 amide bonds. The Kier molecular flexibility index (Phi) is 5.71. The van der Waals surface area contributed by atoms with E-state index >= 15 is 0 Å². The van der Waals surface area contributed by atoms with E-state index in [0.29, 0.717) is 0 Å². The maximum Gasteiger partial charge on any atom is 0.226 e. The number of nitrogens with two attached hydrogens (primary N) is 1. The summed E-state index contributed by atoms with van der Waals surface area (Å²) in [5.41, 5.74) is 5.66. The van der Waals surface area contributed by atoms with Gasteiger partial charge in [-0.2, -0.15) is 0 Å². The van der Waals surface area contributed by atoms with Gasteiger partial charge < -0.3 is 10.6 Å². The Morgan fingerprint density at radius 1 is 1.46 bits per heavy atom. The Morgan fingerprint density at radius 3 is 2.38 bits per heavy atom. The zero-order valence-electron chi connectivity index (χ0n) is 9.21. The molecule has 0 radical (unpaired) electrons. The van der Waals surface area contributed by atoms with Gasteiger partial charge in [-0.15, -0.1) is 0 Å². The molecule has 0 aromatic carbocycles. The highest BCUT2D eigenvalue weighted by Crippen LogP contribution is 2.05. The fourth-order valence-corrected chi connectivity index (χ4v) is 1.08. The molecular weight excluding hydrogens is 164 g/mol. The lowest BCUT2D eigenvalue weighted by atomic mass is 10.0. The second kappa shape index (κ2) is 5.97. The summed E-state index contributed by atoms with van der Waals surface area (Å²) in [4.78, 5) is 13.4. The van der Waals surface area contributed by atoms with Crippen molar-refractivity contribution in [1.29, 1.82) is 0 Å². The molecule has 0 aliphatic rings. The molecule has 0 saturated carbocycles. The Balaban J connectivity index is 3.94. The van der Waals surface area contributed by atoms with Crippen LogP contribution in [0.1, 0.15) is 33.6 Å². The van der Waals surface area contributed by atoms with Crippen molar-refractivity contribution in [1.82, 2.24) is 4.90 Å². The van der Waals surface area contributed by atoms with E-state index in [1.54, 1.807) is 4.90 Å². The highest BCUT2D eigenvalue weighted by molar-refractivity contribution is 5.78. The molecular formula is C10H22N2O. The Hall–Kier alpha value is -0.570. The van der Waals surface area contributed by atoms with Crippen molar-refractivity contribution in [3.8, 4) is 0 Å². The lowest BCUT2D eigenvalue weighted by Gasteiger charge is -2.23. The van der Waals surface area contributed by atoms with Crippen molar-refractivity contribution in [2.75, 3.05) is 13.6 Å². The number of hydrogen-bond acceptors (Lipinski definition) is 2. The fourth-order valence-electron chi connectivity index (χ4n) is 1.08. The molecule has 3 nitrogen and oxygen atoms in total. The topological polar surface area (TPSA) is 46.3 Å². The summed E-state index contributed by atoms with van der Waals surface area (Å²) < 4.78 is 0. The van der Waals surface area contributed by atoms with Crippen molar-refractivity contribution < 1.29 is 4.79 Å². The van der Waals surface area contributed by atoms with E-state index in [4.69, 9.17) is 5.73 Å². The molecule has 2 atom stereocenters. The summed E-state index contributed by atoms with van der Waals surface area (Å²) in [6, 6.07) is -0.0587. The number of unbranched alkanes of at least 4 members (excludes halogenated alkanes) is 1. The summed E-state index contributed by atoms with van der Waals surface area (Å²) in [6.45, 7) is 6.71. The van der Waals surface area contributed by atoms with Crippen molar-refractivity contribution in [3.63, 3.8) is 0 Å². The van der Waals surface area contributed by atoms with Crippen molar-refractivity contribution in [3.05, 3.63) is 0 Å². The zero-order chi connectivity index (χ0) is 10.4. The van der Waals surface area contributed by atoms with Gasteiger partial charge in [0, 0.05) is 19.6 Å². The molecule has 0 bridgehead atoms. The molecule has 0 fully saturated rings. The van der Waals surface area contributed by atoms with Crippen LogP contribution in [0.2, 0.25) is 0 Å². The number of carbonyl (C=O) groups excluding carboxylic acids is 1. The van der Waals surface area contributed by atoms with Crippen molar-refractivity contribution >= 4 is 5.91 Å². The predicted molar refractivity (Wildman–Crippen MR) is 55.4 cm³/mol. The van der Waals surface area contributed by atoms with Gasteiger partial charge in [-0.25, -0.2) is 0 Å². The molecule has 0 aliphatic heterocycles. The van der Waals surface area contributed by atoms with Crippen molar-refractivity contribution in [2.45, 2.75) is 39.7 Å². The average Bonchev–Trinajstić information content (AvgIpc) is 2.11. The van der Waals surface area contributed by atoms with Gasteiger partial charge in [0.25, 0.3) is 0 Å². The van der Waals surface area contributed by atoms with E-state index in [0.717, 1.165) is 19.4 Å². The third kappa shape index (κ3) is 4.27. The van der Waals surface area contributed by atoms with Crippen LogP contribution in [0.15, 0.2) is 0 Å². The van der Waals surface area contributed by atoms with Gasteiger partial charge in [0.1, 0.15) is 0 Å². The van der Waals surface area contributed by atoms with Crippen LogP contribution in [-0.4, -0.2) is 30.4 Å². The number of amides is 1. The molecule has 0 rings (SSSR count). The molecule has 0 aliphatic carbocycles. The Labute approximate surface area is 81.3 Å². The minimum Gasteiger partial charge on any atom is -0.345 e. The maximum absolute atomic E-state index is 11.6. The molecule has 0 aromatic heterocycles. The highest BCUT2D eigenvalue weighted by Gasteiger charge is 2.19. The van der Waals surface area contributed by atoms with Gasteiger partial charge in [0.05, 0.1) is 5.92 Å². The SMILES string of the molecule is CCCCN(C)C(=O)C(C)C(C)N. The first-order valence-corrected chi connectivity index (χ1v) is 5.01. The molecule has 78 valence electrons. The van der Waals surface area contributed by atoms with Gasteiger partial charge in [-0.3, -0.25) is 4.79 Å². The van der Waals surface area contributed by atoms with Crippen LogP contribution in [-0.2, 0) is 4.79 Å². The van der Waals surface area contributed by atoms with E-state index in [2.05, 4.69) is 6.92 Å². The smallest absolute Gasteiger partial charge is 0.226 e. The minimum absolute atomic E-state index is 0.0587. The first-order valence-electron chi connectivity index (χ1n) is 5.01. The van der Waals surface area contributed by atoms with Gasteiger partial charge in [0.2, 0.25) is 5.91 Å². The lowest BCUT2D eigenvalue weighted by Crippen LogP contribution is -2.40. The molecule has 3 heteroatoms. The molecule has 0 aromatic rings. The summed E-state index contributed by atoms with van der Waals surface area (Å²) in [7, 11) is 1.84. The summed E-state index contributed by atoms with van der Waals surface area (Å²) in [5.74, 6) is 0.0882. The van der Waals surface area contributed by atoms with Gasteiger partial charge >= 0.3 is 0 Å². The fraction of sp³-hybridized carbons (Fsp3) is 0.900. The van der Waals surface area contributed by atoms with Crippen LogP contribution in [0.3, 0.4) is 0 Å². The van der Waals surface area contributed by atoms with E-state index in [9.17, 15) is 4.79 Å². The molecule has 0 spiro atoms. The summed E-state index contributed by atoms with van der Waals surface area (Å²) in [6.07, 6.45) is 2.18. The van der Waals surface area contributed by atoms with Crippen LogP contribution in [0.5, 0.6) is 0 Å². The van der Waals surface area contributed by atoms with Crippen LogP contribution < -0.4 is 5.73 Å². The van der Waals surface area contributed by atoms with Gasteiger partial charge in [0.15, 0.2) is 0 Å². The van der Waals surface area contributed by atoms with Crippen LogP contribution >= 0.6 is 0 Å². The quantitative estimate of drug-likeness (QED) is 0.702. The van der Waals surface area contributed by atoms with Crippen LogP contribution in [0, 0.1) is 5.92 Å². The van der Waals surface area contributed by atoms with Gasteiger partial charge in [-0.1, -0.05) is 20.3 Å². The summed E-state index contributed by atoms with van der Waals surface area (Å²) >= 11 is 0. The third-order valence-electron chi connectivity index (χ3n) is 2.40. The number of rotatable bonds is 5. The van der Waals surface area contributed by atoms with E-state index in [-0.39, 0.29) is 17.9 Å². The van der Waals surface area contributed by atoms with E-state index in [1.165, 1.54) is 0 Å². The van der Waals surface area contributed by atoms with Crippen LogP contribution in [0.25, 0.3) is 0 Å². The number of carbonyl (C=O) groups is 1. The van der Waals surface area contributed by atoms with Crippen LogP contribution in [0.4, 0.5) is 0 Å². The predicted octanol–water partition coefficient (Wildman–Crippen LogP) is 1.23. The normalized spacial score (nSPS) is 15.2. The second-order valence-electron chi connectivity index (χ2n) is 3.76. The average molecular weight is 186 g/mol. The Bertz CT molecular complexity index is 157. The largest absolute Gasteiger partial charge is 0.345 e. The molecule has 0 saturated heterocycles. The van der Waals surface area contributed by atoms with E-state index in [1.807, 2.05) is 20.9 Å². The lowest BCUT2D eigenvalue weighted by molar-refractivity contribution is -0.134. The first-order chi connectivity index (χ1) is 6.00. The maximum atomic E-state index is 11.6. The minimum atomic E-state index is -0.0677. The number of nitrogens with zero attached hydrogens (tertiary/aromatic N) is 1. The van der Waals surface area contributed by atoms with Crippen molar-refractivity contribution in [2.24, 2.45) is 11.7 Å². The first kappa shape index (κ1) is 12.4. The van der Waals surface area contributed by atoms with Gasteiger partial charge in [-0.05, 0) is 13.3 Å². The molecule has 2 N–H and O–H groups in total. The highest BCUT2D eigenvalue weighted by atomic mass is 16.2.